The number of aromatic nitrogens is 1. The van der Waals surface area contributed by atoms with Gasteiger partial charge < -0.3 is 15.0 Å². The molecule has 1 atom stereocenters. The number of amides is 1. The van der Waals surface area contributed by atoms with Crippen molar-refractivity contribution < 1.29 is 9.90 Å². The maximum absolute atomic E-state index is 12.2. The molecule has 24 heavy (non-hydrogen) atoms. The number of aryl methyl sites for hydroxylation is 1. The van der Waals surface area contributed by atoms with Crippen molar-refractivity contribution >= 4 is 28.6 Å². The van der Waals surface area contributed by atoms with E-state index in [1.165, 1.54) is 6.08 Å². The average Bonchev–Trinajstić information content (AvgIpc) is 2.90. The number of carbonyl (C=O) groups is 1. The Labute approximate surface area is 141 Å². The Bertz CT molecular complexity index is 907. The molecule has 4 nitrogen and oxygen atoms in total. The summed E-state index contributed by atoms with van der Waals surface area (Å²) in [6, 6.07) is 15.3. The summed E-state index contributed by atoms with van der Waals surface area (Å²) < 4.78 is 2.04. The maximum atomic E-state index is 12.2. The van der Waals surface area contributed by atoms with E-state index in [-0.39, 0.29) is 5.91 Å². The number of aliphatic hydroxyl groups is 1. The number of benzene rings is 2. The first-order valence-corrected chi connectivity index (χ1v) is 7.86. The second kappa shape index (κ2) is 6.72. The zero-order valence-corrected chi connectivity index (χ0v) is 13.7. The molecule has 2 N–H and O–H groups in total. The molecule has 0 saturated carbocycles. The fourth-order valence-corrected chi connectivity index (χ4v) is 2.82. The Balaban J connectivity index is 1.81. The zero-order valence-electron chi connectivity index (χ0n) is 13.7. The van der Waals surface area contributed by atoms with E-state index in [1.807, 2.05) is 60.3 Å². The molecular formula is C20H20N2O2. The van der Waals surface area contributed by atoms with E-state index < -0.39 is 6.10 Å². The van der Waals surface area contributed by atoms with Crippen LogP contribution in [-0.4, -0.2) is 15.6 Å². The van der Waals surface area contributed by atoms with Gasteiger partial charge in [-0.05, 0) is 25.1 Å². The number of hydrogen-bond donors (Lipinski definition) is 2. The highest BCUT2D eigenvalue weighted by Gasteiger charge is 2.09. The number of para-hydroxylation sites is 2. The third-order valence-corrected chi connectivity index (χ3v) is 4.01. The molecule has 0 aliphatic heterocycles. The Kier molecular flexibility index (Phi) is 4.49. The van der Waals surface area contributed by atoms with Crippen LogP contribution >= 0.6 is 0 Å². The van der Waals surface area contributed by atoms with E-state index in [2.05, 4.69) is 5.32 Å². The van der Waals surface area contributed by atoms with Crippen LogP contribution in [0.3, 0.4) is 0 Å². The fraction of sp³-hybridized carbons (Fsp3) is 0.150. The van der Waals surface area contributed by atoms with Crippen molar-refractivity contribution in [3.63, 3.8) is 0 Å². The van der Waals surface area contributed by atoms with Crippen molar-refractivity contribution in [1.82, 2.24) is 4.57 Å². The maximum Gasteiger partial charge on any atom is 0.248 e. The molecule has 0 spiro atoms. The second-order valence-corrected chi connectivity index (χ2v) is 5.80. The van der Waals surface area contributed by atoms with E-state index in [0.29, 0.717) is 11.3 Å². The first-order chi connectivity index (χ1) is 11.6. The number of nitrogens with one attached hydrogen (secondary N) is 1. The van der Waals surface area contributed by atoms with Gasteiger partial charge in [0.25, 0.3) is 0 Å². The van der Waals surface area contributed by atoms with Crippen molar-refractivity contribution in [1.29, 1.82) is 0 Å². The summed E-state index contributed by atoms with van der Waals surface area (Å²) in [5.74, 6) is -0.226. The van der Waals surface area contributed by atoms with E-state index >= 15 is 0 Å². The minimum atomic E-state index is -0.636. The first kappa shape index (κ1) is 16.0. The molecule has 1 unspecified atom stereocenters. The van der Waals surface area contributed by atoms with Gasteiger partial charge in [0.15, 0.2) is 0 Å². The van der Waals surface area contributed by atoms with Gasteiger partial charge in [-0.2, -0.15) is 0 Å². The molecule has 0 fully saturated rings. The van der Waals surface area contributed by atoms with E-state index in [9.17, 15) is 9.90 Å². The lowest BCUT2D eigenvalue weighted by molar-refractivity contribution is -0.111. The largest absolute Gasteiger partial charge is 0.389 e. The van der Waals surface area contributed by atoms with Crippen LogP contribution in [0, 0.1) is 0 Å². The number of rotatable bonds is 4. The number of hydrogen-bond acceptors (Lipinski definition) is 2. The van der Waals surface area contributed by atoms with Crippen molar-refractivity contribution in [2.24, 2.45) is 7.05 Å². The second-order valence-electron chi connectivity index (χ2n) is 5.80. The Morgan fingerprint density at radius 2 is 1.88 bits per heavy atom. The lowest BCUT2D eigenvalue weighted by Gasteiger charge is -2.11. The third-order valence-electron chi connectivity index (χ3n) is 4.01. The van der Waals surface area contributed by atoms with Crippen molar-refractivity contribution in [3.05, 3.63) is 71.9 Å². The van der Waals surface area contributed by atoms with E-state index in [1.54, 1.807) is 19.1 Å². The summed E-state index contributed by atoms with van der Waals surface area (Å²) >= 11 is 0. The molecule has 2 aromatic carbocycles. The van der Waals surface area contributed by atoms with Crippen LogP contribution in [0.4, 0.5) is 5.69 Å². The van der Waals surface area contributed by atoms with Crippen molar-refractivity contribution in [2.45, 2.75) is 13.0 Å². The zero-order chi connectivity index (χ0) is 17.1. The lowest BCUT2D eigenvalue weighted by atomic mass is 10.1. The summed E-state index contributed by atoms with van der Waals surface area (Å²) in [5, 5.41) is 13.7. The molecule has 1 amide bonds. The summed E-state index contributed by atoms with van der Waals surface area (Å²) in [5.41, 5.74) is 3.44. The molecule has 0 aliphatic rings. The van der Waals surface area contributed by atoms with Gasteiger partial charge in [0.2, 0.25) is 5.91 Å². The van der Waals surface area contributed by atoms with Gasteiger partial charge >= 0.3 is 0 Å². The Morgan fingerprint density at radius 3 is 2.67 bits per heavy atom. The predicted octanol–water partition coefficient (Wildman–Crippen LogP) is 3.88. The van der Waals surface area contributed by atoms with Crippen LogP contribution in [0.15, 0.2) is 60.8 Å². The number of anilines is 1. The van der Waals surface area contributed by atoms with Crippen molar-refractivity contribution in [2.75, 3.05) is 5.32 Å². The highest BCUT2D eigenvalue weighted by Crippen LogP contribution is 2.23. The third kappa shape index (κ3) is 3.24. The number of nitrogens with zero attached hydrogens (tertiary/aromatic N) is 1. The standard InChI is InChI=1S/C20H20N2O2/c1-14(23)16-7-3-5-9-18(16)21-20(24)12-11-15-13-22(2)19-10-6-4-8-17(15)19/h3-14,23H,1-2H3,(H,21,24)/b12-11+. The van der Waals surface area contributed by atoms with Crippen LogP contribution in [0.1, 0.15) is 24.2 Å². The molecule has 0 aliphatic carbocycles. The Morgan fingerprint density at radius 1 is 1.17 bits per heavy atom. The highest BCUT2D eigenvalue weighted by molar-refractivity contribution is 6.03. The smallest absolute Gasteiger partial charge is 0.248 e. The van der Waals surface area contributed by atoms with Gasteiger partial charge in [0, 0.05) is 47.0 Å². The number of fused-ring (bicyclic) bond motifs is 1. The summed E-state index contributed by atoms with van der Waals surface area (Å²) in [6.45, 7) is 1.68. The van der Waals surface area contributed by atoms with Gasteiger partial charge in [0.1, 0.15) is 0 Å². The normalized spacial score (nSPS) is 12.6. The lowest BCUT2D eigenvalue weighted by Crippen LogP contribution is -2.10. The van der Waals surface area contributed by atoms with Gasteiger partial charge in [0.05, 0.1) is 6.10 Å². The molecule has 1 heterocycles. The number of aliphatic hydroxyl groups excluding tert-OH is 1. The Hall–Kier alpha value is -2.85. The minimum Gasteiger partial charge on any atom is -0.389 e. The quantitative estimate of drug-likeness (QED) is 0.717. The van der Waals surface area contributed by atoms with Gasteiger partial charge in [-0.3, -0.25) is 4.79 Å². The molecule has 4 heteroatoms. The fourth-order valence-electron chi connectivity index (χ4n) is 2.82. The summed E-state index contributed by atoms with van der Waals surface area (Å²) in [7, 11) is 1.98. The van der Waals surface area contributed by atoms with Gasteiger partial charge in [-0.25, -0.2) is 0 Å². The molecule has 0 saturated heterocycles. The van der Waals surface area contributed by atoms with E-state index in [4.69, 9.17) is 0 Å². The first-order valence-electron chi connectivity index (χ1n) is 7.86. The van der Waals surface area contributed by atoms with Gasteiger partial charge in [-0.1, -0.05) is 36.4 Å². The van der Waals surface area contributed by atoms with Crippen molar-refractivity contribution in [3.8, 4) is 0 Å². The molecule has 0 bridgehead atoms. The average molecular weight is 320 g/mol. The van der Waals surface area contributed by atoms with Crippen LogP contribution in [0.25, 0.3) is 17.0 Å². The van der Waals surface area contributed by atoms with Crippen LogP contribution in [0.2, 0.25) is 0 Å². The SMILES string of the molecule is CC(O)c1ccccc1NC(=O)/C=C/c1cn(C)c2ccccc12. The monoisotopic (exact) mass is 320 g/mol. The van der Waals surface area contributed by atoms with Gasteiger partial charge in [-0.15, -0.1) is 0 Å². The molecule has 0 radical (unpaired) electrons. The number of carbonyl (C=O) groups excluding carboxylic acids is 1. The topological polar surface area (TPSA) is 54.3 Å². The summed E-state index contributed by atoms with van der Waals surface area (Å²) in [6.07, 6.45) is 4.69. The van der Waals surface area contributed by atoms with Crippen LogP contribution in [-0.2, 0) is 11.8 Å². The molecule has 1 aromatic heterocycles. The minimum absolute atomic E-state index is 0.226. The van der Waals surface area contributed by atoms with Crippen LogP contribution in [0.5, 0.6) is 0 Å². The molecule has 3 aromatic rings. The molecule has 3 rings (SSSR count). The molecular weight excluding hydrogens is 300 g/mol. The highest BCUT2D eigenvalue weighted by atomic mass is 16.3. The predicted molar refractivity (Wildman–Crippen MR) is 97.7 cm³/mol. The molecule has 122 valence electrons. The van der Waals surface area contributed by atoms with Crippen LogP contribution < -0.4 is 5.32 Å². The van der Waals surface area contributed by atoms with E-state index in [0.717, 1.165) is 16.5 Å². The summed E-state index contributed by atoms with van der Waals surface area (Å²) in [4.78, 5) is 12.2.